The zero-order chi connectivity index (χ0) is 14.9. The van der Waals surface area contributed by atoms with Gasteiger partial charge in [0.05, 0.1) is 11.7 Å². The SMILES string of the molecule is Cc1cc(C)cc(-n2nc(NC(=O)C(C)N)cc2C)c1.Cl. The molecule has 0 radical (unpaired) electrons. The van der Waals surface area contributed by atoms with E-state index in [1.165, 1.54) is 11.1 Å². The first-order chi connectivity index (χ1) is 9.36. The summed E-state index contributed by atoms with van der Waals surface area (Å²) in [5, 5.41) is 7.12. The van der Waals surface area contributed by atoms with E-state index in [1.807, 2.05) is 31.5 Å². The number of amides is 1. The lowest BCUT2D eigenvalue weighted by Gasteiger charge is -2.07. The Bertz CT molecular complexity index is 629. The van der Waals surface area contributed by atoms with Crippen LogP contribution in [-0.2, 0) is 4.79 Å². The number of anilines is 1. The predicted molar refractivity (Wildman–Crippen MR) is 87.3 cm³/mol. The maximum Gasteiger partial charge on any atom is 0.242 e. The molecule has 1 aromatic carbocycles. The van der Waals surface area contributed by atoms with Gasteiger partial charge in [0.2, 0.25) is 5.91 Å². The van der Waals surface area contributed by atoms with Crippen molar-refractivity contribution in [1.29, 1.82) is 0 Å². The van der Waals surface area contributed by atoms with Crippen LogP contribution in [0.3, 0.4) is 0 Å². The van der Waals surface area contributed by atoms with Gasteiger partial charge in [-0.25, -0.2) is 4.68 Å². The molecule has 0 aliphatic carbocycles. The molecule has 0 bridgehead atoms. The van der Waals surface area contributed by atoms with Crippen molar-refractivity contribution < 1.29 is 4.79 Å². The van der Waals surface area contributed by atoms with Crippen LogP contribution in [0, 0.1) is 20.8 Å². The lowest BCUT2D eigenvalue weighted by atomic mass is 10.1. The van der Waals surface area contributed by atoms with Gasteiger partial charge in [-0.05, 0) is 51.0 Å². The third-order valence-electron chi connectivity index (χ3n) is 3.00. The normalized spacial score (nSPS) is 11.7. The zero-order valence-electron chi connectivity index (χ0n) is 12.7. The maximum absolute atomic E-state index is 11.6. The van der Waals surface area contributed by atoms with E-state index in [9.17, 15) is 4.79 Å². The van der Waals surface area contributed by atoms with Crippen LogP contribution in [0.1, 0.15) is 23.7 Å². The molecule has 1 heterocycles. The highest BCUT2D eigenvalue weighted by molar-refractivity contribution is 5.93. The van der Waals surface area contributed by atoms with E-state index in [4.69, 9.17) is 5.73 Å². The molecule has 114 valence electrons. The van der Waals surface area contributed by atoms with Gasteiger partial charge >= 0.3 is 0 Å². The van der Waals surface area contributed by atoms with Crippen LogP contribution in [0.5, 0.6) is 0 Å². The minimum absolute atomic E-state index is 0. The van der Waals surface area contributed by atoms with Crippen molar-refractivity contribution in [3.05, 3.63) is 41.1 Å². The van der Waals surface area contributed by atoms with Crippen molar-refractivity contribution in [3.8, 4) is 5.69 Å². The highest BCUT2D eigenvalue weighted by Gasteiger charge is 2.12. The van der Waals surface area contributed by atoms with Gasteiger partial charge in [-0.1, -0.05) is 6.07 Å². The third-order valence-corrected chi connectivity index (χ3v) is 3.00. The van der Waals surface area contributed by atoms with E-state index in [1.54, 1.807) is 6.92 Å². The fourth-order valence-corrected chi connectivity index (χ4v) is 2.11. The fraction of sp³-hybridized carbons (Fsp3) is 0.333. The molecule has 0 fully saturated rings. The van der Waals surface area contributed by atoms with E-state index in [0.29, 0.717) is 5.82 Å². The summed E-state index contributed by atoms with van der Waals surface area (Å²) in [5.74, 6) is 0.277. The molecule has 21 heavy (non-hydrogen) atoms. The molecule has 0 aliphatic rings. The average molecular weight is 309 g/mol. The summed E-state index contributed by atoms with van der Waals surface area (Å²) in [6, 6.07) is 7.51. The summed E-state index contributed by atoms with van der Waals surface area (Å²) in [5.41, 5.74) is 9.83. The second-order valence-electron chi connectivity index (χ2n) is 5.21. The Kier molecular flexibility index (Phi) is 5.52. The first-order valence-electron chi connectivity index (χ1n) is 6.58. The molecule has 0 saturated carbocycles. The van der Waals surface area contributed by atoms with Crippen LogP contribution >= 0.6 is 12.4 Å². The lowest BCUT2D eigenvalue weighted by Crippen LogP contribution is -2.32. The lowest BCUT2D eigenvalue weighted by molar-refractivity contribution is -0.117. The van der Waals surface area contributed by atoms with E-state index in [-0.39, 0.29) is 18.3 Å². The molecular weight excluding hydrogens is 288 g/mol. The Morgan fingerprint density at radius 3 is 2.29 bits per heavy atom. The minimum Gasteiger partial charge on any atom is -0.320 e. The van der Waals surface area contributed by atoms with Crippen molar-refractivity contribution >= 4 is 24.1 Å². The molecule has 1 unspecified atom stereocenters. The van der Waals surface area contributed by atoms with Gasteiger partial charge in [-0.15, -0.1) is 17.5 Å². The Morgan fingerprint density at radius 1 is 1.19 bits per heavy atom. The van der Waals surface area contributed by atoms with Gasteiger partial charge in [0.25, 0.3) is 0 Å². The topological polar surface area (TPSA) is 72.9 Å². The first-order valence-corrected chi connectivity index (χ1v) is 6.58. The fourth-order valence-electron chi connectivity index (χ4n) is 2.11. The second kappa shape index (κ2) is 6.74. The van der Waals surface area contributed by atoms with Gasteiger partial charge in [0.1, 0.15) is 0 Å². The number of nitrogens with two attached hydrogens (primary N) is 1. The largest absolute Gasteiger partial charge is 0.320 e. The summed E-state index contributed by atoms with van der Waals surface area (Å²) >= 11 is 0. The Labute approximate surface area is 130 Å². The van der Waals surface area contributed by atoms with Gasteiger partial charge in [0.15, 0.2) is 5.82 Å². The second-order valence-corrected chi connectivity index (χ2v) is 5.21. The monoisotopic (exact) mass is 308 g/mol. The first kappa shape index (κ1) is 17.2. The molecule has 1 amide bonds. The summed E-state index contributed by atoms with van der Waals surface area (Å²) in [6.45, 7) is 7.69. The smallest absolute Gasteiger partial charge is 0.242 e. The van der Waals surface area contributed by atoms with Crippen molar-refractivity contribution in [2.75, 3.05) is 5.32 Å². The molecule has 0 aliphatic heterocycles. The van der Waals surface area contributed by atoms with Crippen LogP contribution in [0.15, 0.2) is 24.3 Å². The number of nitrogens with one attached hydrogen (secondary N) is 1. The van der Waals surface area contributed by atoms with Crippen LogP contribution in [-0.4, -0.2) is 21.7 Å². The van der Waals surface area contributed by atoms with Gasteiger partial charge in [0, 0.05) is 11.8 Å². The summed E-state index contributed by atoms with van der Waals surface area (Å²) in [7, 11) is 0. The number of aryl methyl sites for hydroxylation is 3. The summed E-state index contributed by atoms with van der Waals surface area (Å²) in [4.78, 5) is 11.6. The number of carbonyl (C=O) groups is 1. The Hall–Kier alpha value is -1.85. The Morgan fingerprint density at radius 2 is 1.76 bits per heavy atom. The van der Waals surface area contributed by atoms with Gasteiger partial charge in [-0.3, -0.25) is 4.79 Å². The highest BCUT2D eigenvalue weighted by atomic mass is 35.5. The predicted octanol–water partition coefficient (Wildman–Crippen LogP) is 2.51. The number of benzene rings is 1. The molecular formula is C15H21ClN4O. The number of hydrogen-bond donors (Lipinski definition) is 2. The maximum atomic E-state index is 11.6. The standard InChI is InChI=1S/C15H20N4O.ClH/c1-9-5-10(2)7-13(6-9)19-11(3)8-14(18-19)17-15(20)12(4)16;/h5-8,12H,16H2,1-4H3,(H,17,18,20);1H. The van der Waals surface area contributed by atoms with Crippen LogP contribution in [0.2, 0.25) is 0 Å². The van der Waals surface area contributed by atoms with Crippen LogP contribution in [0.25, 0.3) is 5.69 Å². The average Bonchev–Trinajstić information content (AvgIpc) is 2.68. The number of nitrogens with zero attached hydrogens (tertiary/aromatic N) is 2. The number of halogens is 1. The third kappa shape index (κ3) is 4.06. The van der Waals surface area contributed by atoms with Crippen molar-refractivity contribution in [3.63, 3.8) is 0 Å². The summed E-state index contributed by atoms with van der Waals surface area (Å²) in [6.07, 6.45) is 0. The van der Waals surface area contributed by atoms with E-state index in [2.05, 4.69) is 28.6 Å². The molecule has 0 spiro atoms. The number of carbonyl (C=O) groups excluding carboxylic acids is 1. The number of hydrogen-bond acceptors (Lipinski definition) is 3. The van der Waals surface area contributed by atoms with E-state index < -0.39 is 6.04 Å². The molecule has 2 aromatic rings. The molecule has 2 rings (SSSR count). The number of rotatable bonds is 3. The van der Waals surface area contributed by atoms with E-state index >= 15 is 0 Å². The Balaban J connectivity index is 0.00000220. The van der Waals surface area contributed by atoms with Crippen molar-refractivity contribution in [2.45, 2.75) is 33.7 Å². The molecule has 1 atom stereocenters. The molecule has 3 N–H and O–H groups in total. The van der Waals surface area contributed by atoms with Crippen molar-refractivity contribution in [1.82, 2.24) is 9.78 Å². The van der Waals surface area contributed by atoms with Crippen LogP contribution < -0.4 is 11.1 Å². The van der Waals surface area contributed by atoms with Crippen LogP contribution in [0.4, 0.5) is 5.82 Å². The minimum atomic E-state index is -0.554. The molecule has 1 aromatic heterocycles. The van der Waals surface area contributed by atoms with Gasteiger partial charge < -0.3 is 11.1 Å². The quantitative estimate of drug-likeness (QED) is 0.915. The zero-order valence-corrected chi connectivity index (χ0v) is 13.5. The van der Waals surface area contributed by atoms with E-state index in [0.717, 1.165) is 11.4 Å². The molecule has 6 heteroatoms. The molecule has 0 saturated heterocycles. The molecule has 5 nitrogen and oxygen atoms in total. The van der Waals surface area contributed by atoms with Crippen molar-refractivity contribution in [2.24, 2.45) is 5.73 Å². The van der Waals surface area contributed by atoms with Gasteiger partial charge in [-0.2, -0.15) is 0 Å². The summed E-state index contributed by atoms with van der Waals surface area (Å²) < 4.78 is 1.82. The number of aromatic nitrogens is 2. The highest BCUT2D eigenvalue weighted by Crippen LogP contribution is 2.18.